The lowest BCUT2D eigenvalue weighted by Crippen LogP contribution is -2.42. The molecule has 0 spiro atoms. The molecule has 0 bridgehead atoms. The van der Waals surface area contributed by atoms with E-state index in [1.165, 1.54) is 23.6 Å². The third kappa shape index (κ3) is 6.71. The monoisotopic (exact) mass is 370 g/mol. The fraction of sp³-hybridized carbons (Fsp3) is 0.478. The normalized spacial score (nSPS) is 12.3. The molecule has 3 heteroatoms. The molecule has 0 N–H and O–H groups in total. The predicted molar refractivity (Wildman–Crippen MR) is 113 cm³/mol. The fourth-order valence-corrected chi connectivity index (χ4v) is 5.74. The second-order valence-corrected chi connectivity index (χ2v) is 12.4. The Labute approximate surface area is 160 Å². The summed E-state index contributed by atoms with van der Waals surface area (Å²) in [7, 11) is 0.173. The molecule has 0 atom stereocenters. The van der Waals surface area contributed by atoms with Crippen molar-refractivity contribution < 1.29 is 9.16 Å². The molecule has 2 nitrogen and oxygen atoms in total. The second kappa shape index (κ2) is 10.1. The van der Waals surface area contributed by atoms with Gasteiger partial charge in [0.05, 0.1) is 6.61 Å². The molecule has 0 saturated heterocycles. The number of hydrogen-bond acceptors (Lipinski definition) is 2. The summed E-state index contributed by atoms with van der Waals surface area (Å²) in [6.07, 6.45) is 3.12. The Balaban J connectivity index is 2.26. The Hall–Kier alpha value is -1.42. The Morgan fingerprint density at radius 1 is 0.808 bits per heavy atom. The molecular weight excluding hydrogens is 336 g/mol. The fourth-order valence-electron chi connectivity index (χ4n) is 3.69. The summed E-state index contributed by atoms with van der Waals surface area (Å²) in [5.74, 6) is 0. The van der Waals surface area contributed by atoms with Gasteiger partial charge in [-0.3, -0.25) is 0 Å². The molecule has 0 heterocycles. The van der Waals surface area contributed by atoms with Gasteiger partial charge >= 0.3 is 0 Å². The zero-order valence-corrected chi connectivity index (χ0v) is 17.8. The minimum Gasteiger partial charge on any atom is -0.417 e. The highest BCUT2D eigenvalue weighted by Crippen LogP contribution is 2.31. The quantitative estimate of drug-likeness (QED) is 0.470. The van der Waals surface area contributed by atoms with E-state index in [0.29, 0.717) is 6.61 Å². The topological polar surface area (TPSA) is 18.5 Å². The third-order valence-electron chi connectivity index (χ3n) is 4.92. The molecule has 0 unspecified atom stereocenters. The van der Waals surface area contributed by atoms with Crippen LogP contribution in [0, 0.1) is 5.41 Å². The minimum absolute atomic E-state index is 0.0462. The molecule has 2 aromatic rings. The van der Waals surface area contributed by atoms with Crippen LogP contribution in [0.4, 0.5) is 0 Å². The Morgan fingerprint density at radius 3 is 1.73 bits per heavy atom. The zero-order valence-electron chi connectivity index (χ0n) is 16.8. The Bertz CT molecular complexity index is 584. The largest absolute Gasteiger partial charge is 0.417 e. The standard InChI is InChI=1S/C23H34O2Si/c1-5-16-26(3,4)25-20-23(19-24-2,17-21-12-8-6-9-13-21)18-22-14-10-7-11-15-22/h6-15H,5,16-20H2,1-4H3. The third-order valence-corrected chi connectivity index (χ3v) is 7.55. The average Bonchev–Trinajstić information content (AvgIpc) is 2.62. The van der Waals surface area contributed by atoms with Gasteiger partial charge < -0.3 is 9.16 Å². The molecular formula is C23H34O2Si. The molecule has 142 valence electrons. The van der Waals surface area contributed by atoms with Crippen LogP contribution in [0.15, 0.2) is 60.7 Å². The van der Waals surface area contributed by atoms with Crippen molar-refractivity contribution in [3.63, 3.8) is 0 Å². The maximum Gasteiger partial charge on any atom is 0.186 e. The molecule has 0 aromatic heterocycles. The Kier molecular flexibility index (Phi) is 8.07. The van der Waals surface area contributed by atoms with Gasteiger partial charge in [0.15, 0.2) is 8.32 Å². The summed E-state index contributed by atoms with van der Waals surface area (Å²) in [5.41, 5.74) is 2.65. The second-order valence-electron chi connectivity index (χ2n) is 8.06. The minimum atomic E-state index is -1.63. The molecule has 0 fully saturated rings. The smallest absolute Gasteiger partial charge is 0.186 e. The summed E-state index contributed by atoms with van der Waals surface area (Å²) in [6.45, 7) is 8.36. The van der Waals surface area contributed by atoms with Crippen molar-refractivity contribution in [2.75, 3.05) is 20.3 Å². The van der Waals surface area contributed by atoms with Crippen LogP contribution >= 0.6 is 0 Å². The number of rotatable bonds is 11. The molecule has 0 amide bonds. The molecule has 0 saturated carbocycles. The first-order chi connectivity index (χ1) is 12.5. The van der Waals surface area contributed by atoms with Gasteiger partial charge in [-0.15, -0.1) is 0 Å². The van der Waals surface area contributed by atoms with Crippen molar-refractivity contribution in [1.82, 2.24) is 0 Å². The highest BCUT2D eigenvalue weighted by molar-refractivity contribution is 6.71. The molecule has 0 radical (unpaired) electrons. The van der Waals surface area contributed by atoms with E-state index in [9.17, 15) is 0 Å². The van der Waals surface area contributed by atoms with E-state index < -0.39 is 8.32 Å². The van der Waals surface area contributed by atoms with Crippen LogP contribution in [0.25, 0.3) is 0 Å². The first-order valence-corrected chi connectivity index (χ1v) is 12.8. The summed E-state index contributed by atoms with van der Waals surface area (Å²) < 4.78 is 12.3. The lowest BCUT2D eigenvalue weighted by Gasteiger charge is -2.37. The van der Waals surface area contributed by atoms with Crippen molar-refractivity contribution in [3.05, 3.63) is 71.8 Å². The summed E-state index contributed by atoms with van der Waals surface area (Å²) in [6, 6.07) is 22.7. The van der Waals surface area contributed by atoms with E-state index in [4.69, 9.17) is 9.16 Å². The SMILES string of the molecule is CCC[Si](C)(C)OCC(COC)(Cc1ccccc1)Cc1ccccc1. The molecule has 0 aliphatic carbocycles. The zero-order chi connectivity index (χ0) is 18.9. The molecule has 0 aliphatic rings. The molecule has 0 aliphatic heterocycles. The molecule has 26 heavy (non-hydrogen) atoms. The first kappa shape index (κ1) is 20.9. The van der Waals surface area contributed by atoms with E-state index in [1.54, 1.807) is 7.11 Å². The van der Waals surface area contributed by atoms with E-state index in [0.717, 1.165) is 19.4 Å². The van der Waals surface area contributed by atoms with Crippen LogP contribution in [0.5, 0.6) is 0 Å². The van der Waals surface area contributed by atoms with Crippen molar-refractivity contribution in [2.24, 2.45) is 5.41 Å². The lowest BCUT2D eigenvalue weighted by atomic mass is 9.78. The van der Waals surface area contributed by atoms with Crippen molar-refractivity contribution in [3.8, 4) is 0 Å². The van der Waals surface area contributed by atoms with Gasteiger partial charge in [-0.2, -0.15) is 0 Å². The van der Waals surface area contributed by atoms with Gasteiger partial charge in [-0.05, 0) is 43.1 Å². The average molecular weight is 371 g/mol. The van der Waals surface area contributed by atoms with Crippen LogP contribution < -0.4 is 0 Å². The molecule has 2 aromatic carbocycles. The van der Waals surface area contributed by atoms with Crippen molar-refractivity contribution in [1.29, 1.82) is 0 Å². The number of methoxy groups -OCH3 is 1. The Morgan fingerprint density at radius 2 is 1.31 bits per heavy atom. The summed E-state index contributed by atoms with van der Waals surface area (Å²) in [5, 5.41) is 0. The van der Waals surface area contributed by atoms with Crippen LogP contribution in [-0.4, -0.2) is 28.6 Å². The predicted octanol–water partition coefficient (Wildman–Crippen LogP) is 5.74. The van der Waals surface area contributed by atoms with E-state index in [2.05, 4.69) is 80.7 Å². The van der Waals surface area contributed by atoms with E-state index >= 15 is 0 Å². The number of benzene rings is 2. The summed E-state index contributed by atoms with van der Waals surface area (Å²) in [4.78, 5) is 0. The van der Waals surface area contributed by atoms with Gasteiger partial charge in [0, 0.05) is 19.1 Å². The van der Waals surface area contributed by atoms with Gasteiger partial charge in [0.2, 0.25) is 0 Å². The van der Waals surface area contributed by atoms with E-state index in [-0.39, 0.29) is 5.41 Å². The van der Waals surface area contributed by atoms with E-state index in [1.807, 2.05) is 0 Å². The van der Waals surface area contributed by atoms with Crippen molar-refractivity contribution >= 4 is 8.32 Å². The maximum absolute atomic E-state index is 6.59. The van der Waals surface area contributed by atoms with Crippen LogP contribution in [0.2, 0.25) is 19.1 Å². The maximum atomic E-state index is 6.59. The summed E-state index contributed by atoms with van der Waals surface area (Å²) >= 11 is 0. The first-order valence-electron chi connectivity index (χ1n) is 9.69. The number of hydrogen-bond donors (Lipinski definition) is 0. The highest BCUT2D eigenvalue weighted by atomic mass is 28.4. The van der Waals surface area contributed by atoms with Crippen LogP contribution in [0.3, 0.4) is 0 Å². The highest BCUT2D eigenvalue weighted by Gasteiger charge is 2.34. The lowest BCUT2D eigenvalue weighted by molar-refractivity contribution is 0.0351. The molecule has 2 rings (SSSR count). The van der Waals surface area contributed by atoms with Crippen molar-refractivity contribution in [2.45, 2.75) is 45.3 Å². The van der Waals surface area contributed by atoms with Gasteiger partial charge in [0.25, 0.3) is 0 Å². The number of ether oxygens (including phenoxy) is 1. The van der Waals surface area contributed by atoms with Crippen LogP contribution in [0.1, 0.15) is 24.5 Å². The van der Waals surface area contributed by atoms with Gasteiger partial charge in [-0.1, -0.05) is 74.0 Å². The van der Waals surface area contributed by atoms with Crippen LogP contribution in [-0.2, 0) is 22.0 Å². The van der Waals surface area contributed by atoms with Gasteiger partial charge in [0.1, 0.15) is 0 Å². The van der Waals surface area contributed by atoms with Gasteiger partial charge in [-0.25, -0.2) is 0 Å².